The molecule has 0 unspecified atom stereocenters. The zero-order chi connectivity index (χ0) is 19.8. The van der Waals surface area contributed by atoms with Crippen LogP contribution in [0.1, 0.15) is 25.0 Å². The highest BCUT2D eigenvalue weighted by molar-refractivity contribution is 6.69. The fourth-order valence-electron chi connectivity index (χ4n) is 2.16. The smallest absolute Gasteiger partial charge is 0.333 e. The largest absolute Gasteiger partial charge is 0.463 e. The summed E-state index contributed by atoms with van der Waals surface area (Å²) in [5.74, 6) is -0.389. The number of para-hydroxylation sites is 1. The maximum Gasteiger partial charge on any atom is 0.333 e. The highest BCUT2D eigenvalue weighted by Crippen LogP contribution is 2.20. The second-order valence-electron chi connectivity index (χ2n) is 5.45. The Hall–Kier alpha value is -3.19. The van der Waals surface area contributed by atoms with E-state index >= 15 is 0 Å². The predicted molar refractivity (Wildman–Crippen MR) is 106 cm³/mol. The molecule has 0 aromatic heterocycles. The minimum Gasteiger partial charge on any atom is -0.463 e. The molecule has 0 aliphatic heterocycles. The van der Waals surface area contributed by atoms with Crippen LogP contribution in [0.3, 0.4) is 0 Å². The summed E-state index contributed by atoms with van der Waals surface area (Å²) < 4.78 is 4.97. The number of carbonyl (C=O) groups is 1. The molecule has 2 aromatic carbocycles. The summed E-state index contributed by atoms with van der Waals surface area (Å²) in [6, 6.07) is 13.0. The second-order valence-corrected chi connectivity index (χ2v) is 5.81. The number of hydrogen-bond acceptors (Lipinski definition) is 6. The summed E-state index contributed by atoms with van der Waals surface area (Å²) in [6.45, 7) is 3.72. The molecule has 2 rings (SSSR count). The van der Waals surface area contributed by atoms with Gasteiger partial charge in [0.2, 0.25) is 0 Å². The van der Waals surface area contributed by atoms with Crippen molar-refractivity contribution in [2.75, 3.05) is 12.0 Å². The van der Waals surface area contributed by atoms with Gasteiger partial charge in [-0.2, -0.15) is 5.10 Å². The van der Waals surface area contributed by atoms with Gasteiger partial charge in [0.1, 0.15) is 0 Å². The van der Waals surface area contributed by atoms with Crippen molar-refractivity contribution in [3.63, 3.8) is 0 Å². The average Bonchev–Trinajstić information content (AvgIpc) is 2.67. The Morgan fingerprint density at radius 3 is 2.56 bits per heavy atom. The maximum atomic E-state index is 11.8. The van der Waals surface area contributed by atoms with Crippen LogP contribution in [0.4, 0.5) is 11.4 Å². The van der Waals surface area contributed by atoms with Crippen molar-refractivity contribution >= 4 is 40.2 Å². The normalized spacial score (nSPS) is 11.8. The van der Waals surface area contributed by atoms with Gasteiger partial charge >= 0.3 is 5.97 Å². The fourth-order valence-corrected chi connectivity index (χ4v) is 2.32. The Morgan fingerprint density at radius 2 is 1.93 bits per heavy atom. The number of carbonyl (C=O) groups excluding carboxylic acids is 1. The number of nitrogens with zero attached hydrogens (tertiary/aromatic N) is 2. The first-order valence-corrected chi connectivity index (χ1v) is 8.48. The second kappa shape index (κ2) is 9.49. The number of anilines is 1. The first kappa shape index (κ1) is 20.1. The van der Waals surface area contributed by atoms with E-state index in [2.05, 4.69) is 10.5 Å². The number of hydrogen-bond donors (Lipinski definition) is 1. The highest BCUT2D eigenvalue weighted by atomic mass is 35.5. The molecule has 0 aliphatic rings. The van der Waals surface area contributed by atoms with Gasteiger partial charge in [0.05, 0.1) is 17.2 Å². The van der Waals surface area contributed by atoms with Gasteiger partial charge < -0.3 is 4.74 Å². The molecule has 0 radical (unpaired) electrons. The van der Waals surface area contributed by atoms with Gasteiger partial charge in [-0.15, -0.1) is 0 Å². The zero-order valence-electron chi connectivity index (χ0n) is 14.8. The first-order chi connectivity index (χ1) is 12.9. The van der Waals surface area contributed by atoms with E-state index in [0.717, 1.165) is 5.56 Å². The lowest BCUT2D eigenvalue weighted by Crippen LogP contribution is -2.05. The van der Waals surface area contributed by atoms with Crippen molar-refractivity contribution in [2.45, 2.75) is 13.8 Å². The summed E-state index contributed by atoms with van der Waals surface area (Å²) in [7, 11) is 0. The molecule has 0 aliphatic carbocycles. The molecule has 8 heteroatoms. The van der Waals surface area contributed by atoms with Gasteiger partial charge in [-0.3, -0.25) is 15.5 Å². The number of nitrogens with one attached hydrogen (secondary N) is 1. The zero-order valence-corrected chi connectivity index (χ0v) is 15.6. The first-order valence-electron chi connectivity index (χ1n) is 8.11. The van der Waals surface area contributed by atoms with Crippen LogP contribution in [0.15, 0.2) is 59.2 Å². The number of non-ortho nitro benzene ring substituents is 1. The summed E-state index contributed by atoms with van der Waals surface area (Å²) >= 11 is 6.17. The fraction of sp³-hybridized carbons (Fsp3) is 0.158. The molecule has 140 valence electrons. The molecule has 27 heavy (non-hydrogen) atoms. The predicted octanol–water partition coefficient (Wildman–Crippen LogP) is 4.57. The van der Waals surface area contributed by atoms with Gasteiger partial charge in [-0.25, -0.2) is 4.79 Å². The van der Waals surface area contributed by atoms with E-state index in [1.165, 1.54) is 24.3 Å². The lowest BCUT2D eigenvalue weighted by atomic mass is 10.1. The summed E-state index contributed by atoms with van der Waals surface area (Å²) in [6.07, 6.45) is 1.69. The topological polar surface area (TPSA) is 93.8 Å². The Kier molecular flexibility index (Phi) is 7.08. The molecule has 0 spiro atoms. The van der Waals surface area contributed by atoms with E-state index in [-0.39, 0.29) is 16.8 Å². The van der Waals surface area contributed by atoms with E-state index in [9.17, 15) is 14.9 Å². The summed E-state index contributed by atoms with van der Waals surface area (Å²) in [4.78, 5) is 22.0. The quantitative estimate of drug-likeness (QED) is 0.247. The van der Waals surface area contributed by atoms with Crippen LogP contribution in [0.2, 0.25) is 0 Å². The van der Waals surface area contributed by atoms with Crippen molar-refractivity contribution in [3.05, 3.63) is 75.3 Å². The Bertz CT molecular complexity index is 892. The third kappa shape index (κ3) is 5.65. The number of hydrazone groups is 1. The van der Waals surface area contributed by atoms with Crippen LogP contribution in [0.25, 0.3) is 6.08 Å². The number of rotatable bonds is 7. The molecular formula is C19H18ClN3O4. The van der Waals surface area contributed by atoms with Crippen molar-refractivity contribution in [2.24, 2.45) is 5.10 Å². The Labute approximate surface area is 161 Å². The molecule has 0 bridgehead atoms. The minimum absolute atomic E-state index is 0.0268. The van der Waals surface area contributed by atoms with E-state index in [1.54, 1.807) is 26.0 Å². The average molecular weight is 388 g/mol. The van der Waals surface area contributed by atoms with Crippen molar-refractivity contribution in [3.8, 4) is 0 Å². The van der Waals surface area contributed by atoms with Gasteiger partial charge in [-0.1, -0.05) is 29.8 Å². The molecule has 1 N–H and O–H groups in total. The molecule has 0 saturated heterocycles. The van der Waals surface area contributed by atoms with Crippen LogP contribution >= 0.6 is 11.6 Å². The molecule has 0 fully saturated rings. The van der Waals surface area contributed by atoms with E-state index in [0.29, 0.717) is 23.4 Å². The Balaban J connectivity index is 2.20. The maximum absolute atomic E-state index is 11.8. The monoisotopic (exact) mass is 387 g/mol. The van der Waals surface area contributed by atoms with Gasteiger partial charge in [0.25, 0.3) is 5.69 Å². The molecular weight excluding hydrogens is 370 g/mol. The van der Waals surface area contributed by atoms with E-state index < -0.39 is 4.92 Å². The van der Waals surface area contributed by atoms with Crippen LogP contribution in [0.5, 0.6) is 0 Å². The lowest BCUT2D eigenvalue weighted by molar-refractivity contribution is -0.384. The van der Waals surface area contributed by atoms with E-state index in [1.807, 2.05) is 18.2 Å². The number of nitro groups is 1. The van der Waals surface area contributed by atoms with Crippen LogP contribution in [-0.2, 0) is 9.53 Å². The van der Waals surface area contributed by atoms with Crippen molar-refractivity contribution in [1.29, 1.82) is 0 Å². The summed E-state index contributed by atoms with van der Waals surface area (Å²) in [5.41, 5.74) is 5.19. The molecule has 0 heterocycles. The molecule has 0 saturated carbocycles. The third-order valence-electron chi connectivity index (χ3n) is 3.52. The lowest BCUT2D eigenvalue weighted by Gasteiger charge is -2.07. The minimum atomic E-state index is -0.485. The van der Waals surface area contributed by atoms with Crippen molar-refractivity contribution in [1.82, 2.24) is 0 Å². The van der Waals surface area contributed by atoms with Crippen LogP contribution in [0, 0.1) is 10.1 Å². The Morgan fingerprint density at radius 1 is 1.26 bits per heavy atom. The number of halogens is 1. The van der Waals surface area contributed by atoms with Gasteiger partial charge in [-0.05, 0) is 43.7 Å². The van der Waals surface area contributed by atoms with Crippen molar-refractivity contribution < 1.29 is 14.5 Å². The van der Waals surface area contributed by atoms with E-state index in [4.69, 9.17) is 16.3 Å². The molecule has 2 aromatic rings. The molecule has 0 amide bonds. The van der Waals surface area contributed by atoms with Crippen LogP contribution in [-0.4, -0.2) is 22.7 Å². The highest BCUT2D eigenvalue weighted by Gasteiger charge is 2.08. The number of esters is 1. The third-order valence-corrected chi connectivity index (χ3v) is 3.82. The van der Waals surface area contributed by atoms with Crippen LogP contribution < -0.4 is 5.43 Å². The van der Waals surface area contributed by atoms with Gasteiger partial charge in [0.15, 0.2) is 5.17 Å². The number of benzene rings is 2. The number of nitro benzene ring substituents is 1. The molecule has 0 atom stereocenters. The SMILES string of the molecule is CCOC(=O)/C(C)=C\c1ccccc1N/N=C(\Cl)c1ccc([N+](=O)[O-])cc1. The number of ether oxygens (including phenoxy) is 1. The summed E-state index contributed by atoms with van der Waals surface area (Å²) in [5, 5.41) is 14.9. The standard InChI is InChI=1S/C19H18ClN3O4/c1-3-27-19(24)13(2)12-15-6-4-5-7-17(15)21-22-18(20)14-8-10-16(11-9-14)23(25)26/h4-12,21H,3H2,1-2H3/b13-12-,22-18-. The molecule has 7 nitrogen and oxygen atoms in total. The van der Waals surface area contributed by atoms with Gasteiger partial charge in [0, 0.05) is 23.3 Å².